The molecule has 1 aliphatic rings. The number of hydrogen-bond acceptors (Lipinski definition) is 4. The van der Waals surface area contributed by atoms with Crippen molar-refractivity contribution in [2.45, 2.75) is 19.5 Å². The Morgan fingerprint density at radius 1 is 1.26 bits per heavy atom. The van der Waals surface area contributed by atoms with Crippen molar-refractivity contribution in [2.24, 2.45) is 0 Å². The lowest BCUT2D eigenvalue weighted by molar-refractivity contribution is 0.0698. The summed E-state index contributed by atoms with van der Waals surface area (Å²) in [5.74, 6) is -0.956. The lowest BCUT2D eigenvalue weighted by Gasteiger charge is -2.16. The lowest BCUT2D eigenvalue weighted by atomic mass is 9.95. The third-order valence-electron chi connectivity index (χ3n) is 5.06. The van der Waals surface area contributed by atoms with E-state index in [0.29, 0.717) is 12.2 Å². The highest BCUT2D eigenvalue weighted by Gasteiger charge is 2.22. The Morgan fingerprint density at radius 3 is 2.93 bits per heavy atom. The van der Waals surface area contributed by atoms with E-state index in [4.69, 9.17) is 0 Å². The smallest absolute Gasteiger partial charge is 0.337 e. The van der Waals surface area contributed by atoms with Gasteiger partial charge in [-0.1, -0.05) is 36.4 Å². The Hall–Kier alpha value is -3.18. The Bertz CT molecular complexity index is 1000. The highest BCUT2D eigenvalue weighted by atomic mass is 16.4. The molecule has 5 nitrogen and oxygen atoms in total. The number of hydrogen-bond donors (Lipinski definition) is 3. The molecule has 1 atom stereocenters. The third-order valence-corrected chi connectivity index (χ3v) is 5.06. The number of aryl methyl sites for hydroxylation is 1. The first-order valence-electron chi connectivity index (χ1n) is 8.97. The van der Waals surface area contributed by atoms with Gasteiger partial charge in [-0.05, 0) is 46.9 Å². The highest BCUT2D eigenvalue weighted by molar-refractivity contribution is 5.93. The van der Waals surface area contributed by atoms with E-state index < -0.39 is 5.97 Å². The fraction of sp³-hybridized carbons (Fsp3) is 0.182. The van der Waals surface area contributed by atoms with E-state index in [1.165, 1.54) is 40.1 Å². The van der Waals surface area contributed by atoms with Crippen molar-refractivity contribution < 1.29 is 9.90 Å². The van der Waals surface area contributed by atoms with Crippen LogP contribution in [0.1, 0.15) is 33.1 Å². The predicted octanol–water partition coefficient (Wildman–Crippen LogP) is 4.01. The quantitative estimate of drug-likeness (QED) is 0.642. The zero-order valence-electron chi connectivity index (χ0n) is 15.1. The van der Waals surface area contributed by atoms with Crippen molar-refractivity contribution in [3.63, 3.8) is 0 Å². The van der Waals surface area contributed by atoms with E-state index in [2.05, 4.69) is 65.0 Å². The van der Waals surface area contributed by atoms with Crippen molar-refractivity contribution in [3.05, 3.63) is 83.2 Å². The Morgan fingerprint density at radius 2 is 2.11 bits per heavy atom. The highest BCUT2D eigenvalue weighted by Crippen LogP contribution is 2.31. The van der Waals surface area contributed by atoms with Crippen molar-refractivity contribution in [1.82, 2.24) is 10.3 Å². The summed E-state index contributed by atoms with van der Waals surface area (Å²) in [6.07, 6.45) is 3.05. The standard InChI is InChI=1S/C22H21N3O2/c1-14-4-2-3-5-17(14)15-6-7-18-16(10-15)11-24-21(18)13-25-20-12-23-9-8-19(20)22(26)27/h2-10,12,21,24-25H,11,13H2,1H3,(H,26,27)/t21-/m1/s1. The molecule has 2 heterocycles. The normalized spacial score (nSPS) is 15.4. The Labute approximate surface area is 158 Å². The number of carboxylic acid groups (broad SMARTS) is 1. The number of rotatable bonds is 5. The molecule has 1 aromatic heterocycles. The summed E-state index contributed by atoms with van der Waals surface area (Å²) < 4.78 is 0. The van der Waals surface area contributed by atoms with Gasteiger partial charge in [0.15, 0.2) is 0 Å². The fourth-order valence-corrected chi connectivity index (χ4v) is 3.62. The Balaban J connectivity index is 1.53. The van der Waals surface area contributed by atoms with Gasteiger partial charge in [-0.2, -0.15) is 0 Å². The van der Waals surface area contributed by atoms with Crippen molar-refractivity contribution in [2.75, 3.05) is 11.9 Å². The second-order valence-corrected chi connectivity index (χ2v) is 6.77. The molecular weight excluding hydrogens is 338 g/mol. The summed E-state index contributed by atoms with van der Waals surface area (Å²) in [5, 5.41) is 16.0. The summed E-state index contributed by atoms with van der Waals surface area (Å²) in [5.41, 5.74) is 7.05. The van der Waals surface area contributed by atoms with Crippen LogP contribution in [0.15, 0.2) is 60.9 Å². The van der Waals surface area contributed by atoms with Gasteiger partial charge < -0.3 is 15.7 Å². The molecule has 4 rings (SSSR count). The van der Waals surface area contributed by atoms with Crippen LogP contribution >= 0.6 is 0 Å². The summed E-state index contributed by atoms with van der Waals surface area (Å²) in [6.45, 7) is 3.53. The molecule has 0 radical (unpaired) electrons. The van der Waals surface area contributed by atoms with Gasteiger partial charge >= 0.3 is 5.97 Å². The van der Waals surface area contributed by atoms with Gasteiger partial charge in [0.2, 0.25) is 0 Å². The maximum Gasteiger partial charge on any atom is 0.337 e. The van der Waals surface area contributed by atoms with E-state index in [-0.39, 0.29) is 11.6 Å². The number of nitrogens with one attached hydrogen (secondary N) is 2. The molecule has 0 saturated heterocycles. The first kappa shape index (κ1) is 17.2. The molecule has 1 aliphatic heterocycles. The largest absolute Gasteiger partial charge is 0.478 e. The number of aromatic nitrogens is 1. The van der Waals surface area contributed by atoms with Crippen molar-refractivity contribution >= 4 is 11.7 Å². The van der Waals surface area contributed by atoms with Gasteiger partial charge in [-0.25, -0.2) is 4.79 Å². The first-order valence-corrected chi connectivity index (χ1v) is 8.97. The van der Waals surface area contributed by atoms with E-state index >= 15 is 0 Å². The molecule has 0 unspecified atom stereocenters. The molecule has 0 fully saturated rings. The van der Waals surface area contributed by atoms with E-state index in [9.17, 15) is 9.90 Å². The minimum Gasteiger partial charge on any atom is -0.478 e. The summed E-state index contributed by atoms with van der Waals surface area (Å²) in [7, 11) is 0. The average Bonchev–Trinajstić information content (AvgIpc) is 3.09. The maximum atomic E-state index is 11.3. The number of aromatic carboxylic acids is 1. The number of carboxylic acids is 1. The number of nitrogens with zero attached hydrogens (tertiary/aromatic N) is 1. The second-order valence-electron chi connectivity index (χ2n) is 6.77. The van der Waals surface area contributed by atoms with E-state index in [0.717, 1.165) is 6.54 Å². The molecule has 3 aromatic rings. The van der Waals surface area contributed by atoms with Crippen LogP contribution in [0.2, 0.25) is 0 Å². The third kappa shape index (κ3) is 3.41. The number of carbonyl (C=O) groups is 1. The van der Waals surface area contributed by atoms with Gasteiger partial charge in [-0.3, -0.25) is 4.98 Å². The van der Waals surface area contributed by atoms with Crippen LogP contribution in [0.25, 0.3) is 11.1 Å². The predicted molar refractivity (Wildman–Crippen MR) is 106 cm³/mol. The molecular formula is C22H21N3O2. The molecule has 0 spiro atoms. The van der Waals surface area contributed by atoms with Crippen LogP contribution in [-0.2, 0) is 6.54 Å². The molecule has 27 heavy (non-hydrogen) atoms. The molecule has 0 amide bonds. The van der Waals surface area contributed by atoms with Crippen LogP contribution in [0.5, 0.6) is 0 Å². The van der Waals surface area contributed by atoms with Crippen LogP contribution < -0.4 is 10.6 Å². The average molecular weight is 359 g/mol. The second kappa shape index (κ2) is 7.21. The van der Waals surface area contributed by atoms with Gasteiger partial charge in [0.1, 0.15) is 0 Å². The van der Waals surface area contributed by atoms with Crippen LogP contribution in [0, 0.1) is 6.92 Å². The van der Waals surface area contributed by atoms with E-state index in [1.54, 1.807) is 6.20 Å². The number of benzene rings is 2. The molecule has 5 heteroatoms. The maximum absolute atomic E-state index is 11.3. The lowest BCUT2D eigenvalue weighted by Crippen LogP contribution is -2.22. The van der Waals surface area contributed by atoms with Gasteiger partial charge in [0.05, 0.1) is 23.5 Å². The Kier molecular flexibility index (Phi) is 4.60. The van der Waals surface area contributed by atoms with E-state index in [1.807, 2.05) is 0 Å². The number of pyridine rings is 1. The van der Waals surface area contributed by atoms with Gasteiger partial charge in [0, 0.05) is 19.3 Å². The topological polar surface area (TPSA) is 74.2 Å². The van der Waals surface area contributed by atoms with Gasteiger partial charge in [-0.15, -0.1) is 0 Å². The monoisotopic (exact) mass is 359 g/mol. The van der Waals surface area contributed by atoms with Crippen molar-refractivity contribution in [1.29, 1.82) is 0 Å². The minimum atomic E-state index is -0.956. The molecule has 136 valence electrons. The fourth-order valence-electron chi connectivity index (χ4n) is 3.62. The summed E-state index contributed by atoms with van der Waals surface area (Å²) in [6, 6.07) is 16.6. The minimum absolute atomic E-state index is 0.132. The SMILES string of the molecule is Cc1ccccc1-c1ccc2c(c1)CN[C@@H]2CNc1cnccc1C(=O)O. The molecule has 0 aliphatic carbocycles. The van der Waals surface area contributed by atoms with Crippen LogP contribution in [0.4, 0.5) is 5.69 Å². The summed E-state index contributed by atoms with van der Waals surface area (Å²) >= 11 is 0. The van der Waals surface area contributed by atoms with Crippen LogP contribution in [0.3, 0.4) is 0 Å². The molecule has 0 bridgehead atoms. The zero-order chi connectivity index (χ0) is 18.8. The van der Waals surface area contributed by atoms with Crippen LogP contribution in [-0.4, -0.2) is 22.6 Å². The molecule has 2 aromatic carbocycles. The zero-order valence-corrected chi connectivity index (χ0v) is 15.1. The van der Waals surface area contributed by atoms with Crippen molar-refractivity contribution in [3.8, 4) is 11.1 Å². The number of anilines is 1. The first-order chi connectivity index (χ1) is 13.1. The summed E-state index contributed by atoms with van der Waals surface area (Å²) in [4.78, 5) is 15.4. The number of fused-ring (bicyclic) bond motifs is 1. The molecule has 3 N–H and O–H groups in total. The van der Waals surface area contributed by atoms with Gasteiger partial charge in [0.25, 0.3) is 0 Å². The molecule has 0 saturated carbocycles.